The number of nitrogens with zero attached hydrogens (tertiary/aromatic N) is 2. The minimum atomic E-state index is -0.855. The van der Waals surface area contributed by atoms with Crippen LogP contribution in [0.2, 0.25) is 0 Å². The third kappa shape index (κ3) is 4.31. The lowest BCUT2D eigenvalue weighted by atomic mass is 10.4. The number of carboxylic acid groups (broad SMARTS) is 1. The molecule has 4 nitrogen and oxygen atoms in total. The Kier molecular flexibility index (Phi) is 5.97. The highest BCUT2D eigenvalue weighted by molar-refractivity contribution is 14.1. The normalized spacial score (nSPS) is 11.1. The van der Waals surface area contributed by atoms with Crippen molar-refractivity contribution in [1.29, 1.82) is 0 Å². The molecule has 1 aromatic heterocycles. The Morgan fingerprint density at radius 2 is 2.18 bits per heavy atom. The third-order valence-corrected chi connectivity index (χ3v) is 3.32. The zero-order chi connectivity index (χ0) is 12.8. The number of halogens is 1. The van der Waals surface area contributed by atoms with Crippen molar-refractivity contribution in [3.8, 4) is 0 Å². The third-order valence-electron chi connectivity index (χ3n) is 2.73. The molecule has 0 bridgehead atoms. The van der Waals surface area contributed by atoms with E-state index in [0.29, 0.717) is 5.69 Å². The zero-order valence-corrected chi connectivity index (χ0v) is 12.5. The smallest absolute Gasteiger partial charge is 0.352 e. The molecule has 0 aliphatic heterocycles. The fraction of sp³-hybridized carbons (Fsp3) is 0.583. The number of rotatable bonds is 7. The van der Waals surface area contributed by atoms with Crippen LogP contribution in [-0.4, -0.2) is 40.2 Å². The molecule has 0 saturated carbocycles. The summed E-state index contributed by atoms with van der Waals surface area (Å²) in [6.45, 7) is 8.00. The number of hydrogen-bond acceptors (Lipinski definition) is 2. The van der Waals surface area contributed by atoms with E-state index in [0.717, 1.165) is 36.2 Å². The molecular weight excluding hydrogens is 331 g/mol. The molecular formula is C12H19IN2O2. The number of carboxylic acids is 1. The van der Waals surface area contributed by atoms with Gasteiger partial charge in [-0.15, -0.1) is 0 Å². The molecule has 0 unspecified atom stereocenters. The Labute approximate surface area is 116 Å². The molecule has 0 atom stereocenters. The molecule has 0 aliphatic carbocycles. The molecule has 0 fully saturated rings. The maximum absolute atomic E-state index is 11.0. The van der Waals surface area contributed by atoms with Crippen LogP contribution in [0.1, 0.15) is 30.8 Å². The summed E-state index contributed by atoms with van der Waals surface area (Å²) < 4.78 is 2.79. The molecule has 0 amide bonds. The molecule has 0 aliphatic rings. The van der Waals surface area contributed by atoms with Crippen molar-refractivity contribution < 1.29 is 9.90 Å². The summed E-state index contributed by atoms with van der Waals surface area (Å²) in [5.41, 5.74) is 0.377. The molecule has 0 spiro atoms. The van der Waals surface area contributed by atoms with E-state index in [-0.39, 0.29) is 0 Å². The maximum Gasteiger partial charge on any atom is 0.352 e. The minimum Gasteiger partial charge on any atom is -0.477 e. The van der Waals surface area contributed by atoms with Crippen LogP contribution < -0.4 is 0 Å². The first kappa shape index (κ1) is 14.5. The summed E-state index contributed by atoms with van der Waals surface area (Å²) in [5, 5.41) is 9.07. The predicted molar refractivity (Wildman–Crippen MR) is 76.5 cm³/mol. The standard InChI is InChI=1S/C12H19IN2O2/c1-3-5-14(4-2)6-7-15-9-10(13)8-11(15)12(16)17/h8-9H,3-7H2,1-2H3,(H,16,17). The number of hydrogen-bond donors (Lipinski definition) is 1. The lowest BCUT2D eigenvalue weighted by Crippen LogP contribution is -2.28. The van der Waals surface area contributed by atoms with Gasteiger partial charge in [0.25, 0.3) is 0 Å². The number of likely N-dealkylation sites (N-methyl/N-ethyl adjacent to an activating group) is 1. The highest BCUT2D eigenvalue weighted by atomic mass is 127. The highest BCUT2D eigenvalue weighted by Gasteiger charge is 2.11. The zero-order valence-electron chi connectivity index (χ0n) is 10.3. The van der Waals surface area contributed by atoms with Crippen molar-refractivity contribution in [2.24, 2.45) is 0 Å². The fourth-order valence-electron chi connectivity index (χ4n) is 1.83. The van der Waals surface area contributed by atoms with Crippen LogP contribution in [0, 0.1) is 3.57 Å². The topological polar surface area (TPSA) is 45.5 Å². The van der Waals surface area contributed by atoms with Crippen molar-refractivity contribution in [3.63, 3.8) is 0 Å². The number of carbonyl (C=O) groups is 1. The summed E-state index contributed by atoms with van der Waals surface area (Å²) in [6.07, 6.45) is 3.02. The number of aromatic nitrogens is 1. The molecule has 1 N–H and O–H groups in total. The van der Waals surface area contributed by atoms with E-state index in [4.69, 9.17) is 5.11 Å². The summed E-state index contributed by atoms with van der Waals surface area (Å²) in [7, 11) is 0. The summed E-state index contributed by atoms with van der Waals surface area (Å²) in [5.74, 6) is -0.855. The lowest BCUT2D eigenvalue weighted by molar-refractivity contribution is 0.0684. The second-order valence-corrected chi connectivity index (χ2v) is 5.22. The van der Waals surface area contributed by atoms with Crippen LogP contribution in [0.5, 0.6) is 0 Å². The van der Waals surface area contributed by atoms with Crippen LogP contribution in [0.3, 0.4) is 0 Å². The first-order valence-electron chi connectivity index (χ1n) is 5.89. The van der Waals surface area contributed by atoms with Crippen molar-refractivity contribution in [3.05, 3.63) is 21.5 Å². The van der Waals surface area contributed by atoms with Crippen LogP contribution in [0.4, 0.5) is 0 Å². The van der Waals surface area contributed by atoms with Gasteiger partial charge in [0.05, 0.1) is 0 Å². The quantitative estimate of drug-likeness (QED) is 0.769. The second kappa shape index (κ2) is 7.00. The fourth-order valence-corrected chi connectivity index (χ4v) is 2.46. The van der Waals surface area contributed by atoms with Crippen molar-refractivity contribution in [2.45, 2.75) is 26.8 Å². The van der Waals surface area contributed by atoms with Gasteiger partial charge in [0.15, 0.2) is 0 Å². The molecule has 0 radical (unpaired) electrons. The van der Waals surface area contributed by atoms with Gasteiger partial charge >= 0.3 is 5.97 Å². The molecule has 96 valence electrons. The molecule has 1 aromatic rings. The Morgan fingerprint density at radius 3 is 2.71 bits per heavy atom. The van der Waals surface area contributed by atoms with E-state index in [2.05, 4.69) is 41.3 Å². The average Bonchev–Trinajstić information content (AvgIpc) is 2.66. The minimum absolute atomic E-state index is 0.377. The van der Waals surface area contributed by atoms with E-state index in [9.17, 15) is 4.79 Å². The van der Waals surface area contributed by atoms with Gasteiger partial charge in [-0.05, 0) is 48.2 Å². The van der Waals surface area contributed by atoms with Gasteiger partial charge < -0.3 is 14.6 Å². The van der Waals surface area contributed by atoms with E-state index < -0.39 is 5.97 Å². The van der Waals surface area contributed by atoms with Gasteiger partial charge in [-0.2, -0.15) is 0 Å². The van der Waals surface area contributed by atoms with E-state index in [1.54, 1.807) is 6.07 Å². The van der Waals surface area contributed by atoms with Crippen LogP contribution in [0.15, 0.2) is 12.3 Å². The van der Waals surface area contributed by atoms with Crippen LogP contribution >= 0.6 is 22.6 Å². The SMILES string of the molecule is CCCN(CC)CCn1cc(I)cc1C(=O)O. The van der Waals surface area contributed by atoms with E-state index in [1.165, 1.54) is 0 Å². The highest BCUT2D eigenvalue weighted by Crippen LogP contribution is 2.11. The Morgan fingerprint density at radius 1 is 1.47 bits per heavy atom. The molecule has 0 aromatic carbocycles. The van der Waals surface area contributed by atoms with E-state index >= 15 is 0 Å². The maximum atomic E-state index is 11.0. The Hall–Kier alpha value is -0.560. The van der Waals surface area contributed by atoms with Crippen LogP contribution in [0.25, 0.3) is 0 Å². The van der Waals surface area contributed by atoms with Gasteiger partial charge in [-0.3, -0.25) is 0 Å². The molecule has 1 heterocycles. The van der Waals surface area contributed by atoms with Crippen molar-refractivity contribution in [1.82, 2.24) is 9.47 Å². The predicted octanol–water partition coefficient (Wildman–Crippen LogP) is 2.52. The lowest BCUT2D eigenvalue weighted by Gasteiger charge is -2.20. The Balaban J connectivity index is 2.64. The molecule has 1 rings (SSSR count). The summed E-state index contributed by atoms with van der Waals surface area (Å²) >= 11 is 2.14. The first-order valence-corrected chi connectivity index (χ1v) is 6.97. The van der Waals surface area contributed by atoms with Crippen LogP contribution in [-0.2, 0) is 6.54 Å². The van der Waals surface area contributed by atoms with Gasteiger partial charge in [-0.1, -0.05) is 13.8 Å². The number of aromatic carboxylic acids is 1. The first-order chi connectivity index (χ1) is 8.08. The van der Waals surface area contributed by atoms with Gasteiger partial charge in [-0.25, -0.2) is 4.79 Å². The summed E-state index contributed by atoms with van der Waals surface area (Å²) in [6, 6.07) is 1.71. The molecule has 5 heteroatoms. The largest absolute Gasteiger partial charge is 0.477 e. The van der Waals surface area contributed by atoms with Crippen molar-refractivity contribution >= 4 is 28.6 Å². The van der Waals surface area contributed by atoms with Gasteiger partial charge in [0.1, 0.15) is 5.69 Å². The van der Waals surface area contributed by atoms with Crippen molar-refractivity contribution in [2.75, 3.05) is 19.6 Å². The monoisotopic (exact) mass is 350 g/mol. The van der Waals surface area contributed by atoms with E-state index in [1.807, 2.05) is 10.8 Å². The van der Waals surface area contributed by atoms with Gasteiger partial charge in [0, 0.05) is 22.9 Å². The average molecular weight is 350 g/mol. The Bertz CT molecular complexity index is 377. The summed E-state index contributed by atoms with van der Waals surface area (Å²) in [4.78, 5) is 13.4. The molecule has 17 heavy (non-hydrogen) atoms. The second-order valence-electron chi connectivity index (χ2n) is 3.98. The van der Waals surface area contributed by atoms with Gasteiger partial charge in [0.2, 0.25) is 0 Å². The molecule has 0 saturated heterocycles.